The van der Waals surface area contributed by atoms with E-state index < -0.39 is 0 Å². The first-order valence-corrected chi connectivity index (χ1v) is 7.45. The molecule has 1 aliphatic rings. The van der Waals surface area contributed by atoms with Crippen LogP contribution in [0.1, 0.15) is 12.8 Å². The second kappa shape index (κ2) is 6.72. The van der Waals surface area contributed by atoms with Crippen molar-refractivity contribution in [2.45, 2.75) is 12.8 Å². The molecule has 0 spiro atoms. The molecule has 110 valence electrons. The average molecular weight is 305 g/mol. The van der Waals surface area contributed by atoms with Gasteiger partial charge in [0.1, 0.15) is 10.9 Å². The van der Waals surface area contributed by atoms with Crippen molar-refractivity contribution in [3.8, 4) is 5.75 Å². The summed E-state index contributed by atoms with van der Waals surface area (Å²) < 4.78 is 5.77. The summed E-state index contributed by atoms with van der Waals surface area (Å²) in [6.07, 6.45) is 7.39. The number of nitrogens with zero attached hydrogens (tertiary/aromatic N) is 4. The van der Waals surface area contributed by atoms with Crippen molar-refractivity contribution in [2.24, 2.45) is 5.92 Å². The summed E-state index contributed by atoms with van der Waals surface area (Å²) in [7, 11) is 0. The zero-order chi connectivity index (χ0) is 14.5. The summed E-state index contributed by atoms with van der Waals surface area (Å²) in [6, 6.07) is 5.43. The molecule has 1 saturated heterocycles. The number of halogens is 1. The van der Waals surface area contributed by atoms with E-state index in [-0.39, 0.29) is 0 Å². The van der Waals surface area contributed by atoms with Crippen molar-refractivity contribution >= 4 is 17.5 Å². The van der Waals surface area contributed by atoms with Gasteiger partial charge in [0.2, 0.25) is 5.95 Å². The quantitative estimate of drug-likeness (QED) is 0.813. The van der Waals surface area contributed by atoms with Gasteiger partial charge in [-0.15, -0.1) is 0 Å². The van der Waals surface area contributed by atoms with Gasteiger partial charge in [0, 0.05) is 25.5 Å². The Kier molecular flexibility index (Phi) is 4.50. The van der Waals surface area contributed by atoms with Gasteiger partial charge in [-0.05, 0) is 37.0 Å². The zero-order valence-corrected chi connectivity index (χ0v) is 12.4. The number of anilines is 1. The van der Waals surface area contributed by atoms with Crippen LogP contribution in [0.25, 0.3) is 0 Å². The van der Waals surface area contributed by atoms with Gasteiger partial charge in [0.15, 0.2) is 0 Å². The molecule has 0 radical (unpaired) electrons. The van der Waals surface area contributed by atoms with Crippen LogP contribution in [0.15, 0.2) is 36.8 Å². The maximum atomic E-state index is 5.77. The van der Waals surface area contributed by atoms with Crippen LogP contribution in [-0.4, -0.2) is 34.6 Å². The Balaban J connectivity index is 1.47. The van der Waals surface area contributed by atoms with Gasteiger partial charge in [-0.25, -0.2) is 15.0 Å². The van der Waals surface area contributed by atoms with Gasteiger partial charge < -0.3 is 9.64 Å². The third-order valence-electron chi connectivity index (χ3n) is 3.64. The second-order valence-electron chi connectivity index (χ2n) is 5.11. The Bertz CT molecular complexity index is 556. The van der Waals surface area contributed by atoms with E-state index in [2.05, 4.69) is 19.9 Å². The molecule has 2 aromatic heterocycles. The Morgan fingerprint density at radius 3 is 2.57 bits per heavy atom. The van der Waals surface area contributed by atoms with Crippen molar-refractivity contribution < 1.29 is 4.74 Å². The van der Waals surface area contributed by atoms with E-state index in [1.165, 1.54) is 0 Å². The maximum absolute atomic E-state index is 5.77. The van der Waals surface area contributed by atoms with Gasteiger partial charge in [-0.2, -0.15) is 0 Å². The van der Waals surface area contributed by atoms with Crippen LogP contribution < -0.4 is 9.64 Å². The van der Waals surface area contributed by atoms with Crippen LogP contribution in [0, 0.1) is 5.92 Å². The number of aromatic nitrogens is 3. The van der Waals surface area contributed by atoms with E-state index in [0.29, 0.717) is 17.7 Å². The number of pyridine rings is 1. The predicted molar refractivity (Wildman–Crippen MR) is 81.7 cm³/mol. The Morgan fingerprint density at radius 1 is 1.14 bits per heavy atom. The molecule has 0 saturated carbocycles. The molecular weight excluding hydrogens is 288 g/mol. The van der Waals surface area contributed by atoms with E-state index in [9.17, 15) is 0 Å². The van der Waals surface area contributed by atoms with Gasteiger partial charge >= 0.3 is 0 Å². The highest BCUT2D eigenvalue weighted by atomic mass is 35.5. The number of rotatable bonds is 4. The molecule has 6 heteroatoms. The topological polar surface area (TPSA) is 51.1 Å². The molecule has 5 nitrogen and oxygen atoms in total. The van der Waals surface area contributed by atoms with E-state index in [1.807, 2.05) is 12.1 Å². The molecule has 21 heavy (non-hydrogen) atoms. The standard InChI is InChI=1S/C15H17ClN4O/c16-14-3-2-13(10-19-14)21-11-12-4-8-20(9-5-12)15-17-6-1-7-18-15/h1-3,6-7,10,12H,4-5,8-9,11H2. The normalized spacial score (nSPS) is 16.0. The highest BCUT2D eigenvalue weighted by molar-refractivity contribution is 6.29. The van der Waals surface area contributed by atoms with E-state index >= 15 is 0 Å². The molecule has 0 N–H and O–H groups in total. The largest absolute Gasteiger partial charge is 0.492 e. The first kappa shape index (κ1) is 14.1. The van der Waals surface area contributed by atoms with Crippen molar-refractivity contribution in [1.82, 2.24) is 15.0 Å². The van der Waals surface area contributed by atoms with Crippen molar-refractivity contribution in [1.29, 1.82) is 0 Å². The Hall–Kier alpha value is -1.88. The third kappa shape index (κ3) is 3.82. The number of ether oxygens (including phenoxy) is 1. The lowest BCUT2D eigenvalue weighted by Gasteiger charge is -2.31. The lowest BCUT2D eigenvalue weighted by atomic mass is 9.98. The molecule has 0 aliphatic carbocycles. The smallest absolute Gasteiger partial charge is 0.225 e. The van der Waals surface area contributed by atoms with Crippen LogP contribution in [0.4, 0.5) is 5.95 Å². The van der Waals surface area contributed by atoms with Crippen LogP contribution in [0.5, 0.6) is 5.75 Å². The molecule has 1 fully saturated rings. The predicted octanol–water partition coefficient (Wildman–Crippen LogP) is 2.82. The molecule has 0 aromatic carbocycles. The number of hydrogen-bond acceptors (Lipinski definition) is 5. The van der Waals surface area contributed by atoms with Gasteiger partial charge in [-0.3, -0.25) is 0 Å². The lowest BCUT2D eigenvalue weighted by molar-refractivity contribution is 0.222. The molecular formula is C15H17ClN4O. The highest BCUT2D eigenvalue weighted by Gasteiger charge is 2.21. The molecule has 0 bridgehead atoms. The molecule has 1 aliphatic heterocycles. The summed E-state index contributed by atoms with van der Waals surface area (Å²) >= 11 is 5.75. The van der Waals surface area contributed by atoms with Crippen molar-refractivity contribution in [3.05, 3.63) is 41.9 Å². The van der Waals surface area contributed by atoms with Crippen molar-refractivity contribution in [2.75, 3.05) is 24.6 Å². The van der Waals surface area contributed by atoms with E-state index in [1.54, 1.807) is 24.7 Å². The summed E-state index contributed by atoms with van der Waals surface area (Å²) in [5.41, 5.74) is 0. The van der Waals surface area contributed by atoms with E-state index in [4.69, 9.17) is 16.3 Å². The molecule has 0 amide bonds. The highest BCUT2D eigenvalue weighted by Crippen LogP contribution is 2.21. The monoisotopic (exact) mass is 304 g/mol. The van der Waals surface area contributed by atoms with Crippen molar-refractivity contribution in [3.63, 3.8) is 0 Å². The minimum Gasteiger partial charge on any atom is -0.492 e. The summed E-state index contributed by atoms with van der Waals surface area (Å²) in [6.45, 7) is 2.65. The van der Waals surface area contributed by atoms with Gasteiger partial charge in [-0.1, -0.05) is 11.6 Å². The minimum absolute atomic E-state index is 0.485. The summed E-state index contributed by atoms with van der Waals surface area (Å²) in [4.78, 5) is 14.8. The Labute approximate surface area is 129 Å². The first-order valence-electron chi connectivity index (χ1n) is 7.07. The fraction of sp³-hybridized carbons (Fsp3) is 0.400. The number of hydrogen-bond donors (Lipinski definition) is 0. The summed E-state index contributed by atoms with van der Waals surface area (Å²) in [5, 5.41) is 0.485. The zero-order valence-electron chi connectivity index (χ0n) is 11.7. The fourth-order valence-corrected chi connectivity index (χ4v) is 2.53. The van der Waals surface area contributed by atoms with Gasteiger partial charge in [0.25, 0.3) is 0 Å². The van der Waals surface area contributed by atoms with Crippen LogP contribution in [0.2, 0.25) is 5.15 Å². The minimum atomic E-state index is 0.485. The molecule has 3 heterocycles. The molecule has 0 atom stereocenters. The number of piperidine rings is 1. The maximum Gasteiger partial charge on any atom is 0.225 e. The van der Waals surface area contributed by atoms with Gasteiger partial charge in [0.05, 0.1) is 12.8 Å². The summed E-state index contributed by atoms with van der Waals surface area (Å²) in [5.74, 6) is 2.15. The first-order chi connectivity index (χ1) is 10.3. The molecule has 2 aromatic rings. The molecule has 3 rings (SSSR count). The van der Waals surface area contributed by atoms with Crippen LogP contribution >= 0.6 is 11.6 Å². The SMILES string of the molecule is Clc1ccc(OCC2CCN(c3ncccn3)CC2)cn1. The van der Waals surface area contributed by atoms with Crippen LogP contribution in [0.3, 0.4) is 0 Å². The fourth-order valence-electron chi connectivity index (χ4n) is 2.42. The molecule has 0 unspecified atom stereocenters. The third-order valence-corrected chi connectivity index (χ3v) is 3.86. The van der Waals surface area contributed by atoms with Crippen LogP contribution in [-0.2, 0) is 0 Å². The average Bonchev–Trinajstić information content (AvgIpc) is 2.56. The Morgan fingerprint density at radius 2 is 1.90 bits per heavy atom. The second-order valence-corrected chi connectivity index (χ2v) is 5.49. The van der Waals surface area contributed by atoms with E-state index in [0.717, 1.165) is 37.6 Å². The lowest BCUT2D eigenvalue weighted by Crippen LogP contribution is -2.36.